The van der Waals surface area contributed by atoms with E-state index in [1.807, 2.05) is 0 Å². The minimum atomic E-state index is -3.78. The molecule has 0 unspecified atom stereocenters. The minimum Gasteiger partial charge on any atom is -0.286 e. The van der Waals surface area contributed by atoms with Gasteiger partial charge < -0.3 is 0 Å². The van der Waals surface area contributed by atoms with E-state index in [1.165, 1.54) is 44.8 Å². The van der Waals surface area contributed by atoms with Gasteiger partial charge in [0, 0.05) is 24.7 Å². The van der Waals surface area contributed by atoms with Gasteiger partial charge in [-0.15, -0.1) is 11.3 Å². The molecule has 1 saturated heterocycles. The Morgan fingerprint density at radius 1 is 0.964 bits per heavy atom. The summed E-state index contributed by atoms with van der Waals surface area (Å²) in [6, 6.07) is 12.3. The summed E-state index contributed by atoms with van der Waals surface area (Å²) in [4.78, 5) is 18.1. The number of aromatic nitrogens is 1. The number of sulfonamides is 1. The van der Waals surface area contributed by atoms with E-state index < -0.39 is 10.0 Å². The molecule has 28 heavy (non-hydrogen) atoms. The van der Waals surface area contributed by atoms with Crippen LogP contribution >= 0.6 is 11.3 Å². The first-order valence-corrected chi connectivity index (χ1v) is 10.8. The van der Waals surface area contributed by atoms with E-state index in [9.17, 15) is 17.6 Å². The normalized spacial score (nSPS) is 15.8. The summed E-state index contributed by atoms with van der Waals surface area (Å²) >= 11 is 1.34. The van der Waals surface area contributed by atoms with Crippen LogP contribution in [0.15, 0.2) is 65.0 Å². The average Bonchev–Trinajstić information content (AvgIpc) is 3.23. The predicted molar refractivity (Wildman–Crippen MR) is 105 cm³/mol. The summed E-state index contributed by atoms with van der Waals surface area (Å²) in [5.41, 5.74) is 1.57. The largest absolute Gasteiger partial charge is 0.286 e. The van der Waals surface area contributed by atoms with Crippen LogP contribution in [0.3, 0.4) is 0 Å². The second kappa shape index (κ2) is 7.42. The summed E-state index contributed by atoms with van der Waals surface area (Å²) in [5.74, 6) is -0.628. The highest BCUT2D eigenvalue weighted by molar-refractivity contribution is 7.89. The monoisotopic (exact) mass is 417 g/mol. The van der Waals surface area contributed by atoms with Gasteiger partial charge in [-0.3, -0.25) is 9.69 Å². The van der Waals surface area contributed by atoms with E-state index in [2.05, 4.69) is 4.98 Å². The van der Waals surface area contributed by atoms with Gasteiger partial charge in [0.1, 0.15) is 5.82 Å². The topological polar surface area (TPSA) is 70.6 Å². The van der Waals surface area contributed by atoms with E-state index in [0.717, 1.165) is 11.1 Å². The number of anilines is 1. The van der Waals surface area contributed by atoms with E-state index in [0.29, 0.717) is 5.13 Å². The predicted octanol–water partition coefficient (Wildman–Crippen LogP) is 2.99. The molecule has 6 nitrogen and oxygen atoms in total. The van der Waals surface area contributed by atoms with Gasteiger partial charge in [0.2, 0.25) is 15.9 Å². The van der Waals surface area contributed by atoms with Crippen molar-refractivity contribution in [2.45, 2.75) is 4.90 Å². The standard InChI is InChI=1S/C19H16FN3O3S2/c20-16-5-1-14(2-6-16)15-3-7-17(8-4-15)28(25,26)22-10-11-23(18(24)13-22)19-21-9-12-27-19/h1-9,12H,10-11,13H2. The molecule has 0 atom stereocenters. The Hall–Kier alpha value is -2.62. The summed E-state index contributed by atoms with van der Waals surface area (Å²) in [6.07, 6.45) is 1.61. The van der Waals surface area contributed by atoms with Crippen molar-refractivity contribution in [3.8, 4) is 11.1 Å². The van der Waals surface area contributed by atoms with Gasteiger partial charge in [-0.2, -0.15) is 4.31 Å². The maximum atomic E-state index is 13.1. The molecule has 9 heteroatoms. The number of benzene rings is 2. The van der Waals surface area contributed by atoms with E-state index >= 15 is 0 Å². The number of hydrogen-bond donors (Lipinski definition) is 0. The molecule has 1 aromatic heterocycles. The molecule has 1 amide bonds. The SMILES string of the molecule is O=C1CN(S(=O)(=O)c2ccc(-c3ccc(F)cc3)cc2)CCN1c1nccs1. The zero-order valence-electron chi connectivity index (χ0n) is 14.7. The lowest BCUT2D eigenvalue weighted by Crippen LogP contribution is -2.52. The first kappa shape index (κ1) is 18.7. The smallest absolute Gasteiger partial charge is 0.244 e. The number of nitrogens with zero attached hydrogens (tertiary/aromatic N) is 3. The Labute approximate surface area is 165 Å². The molecule has 3 aromatic rings. The Morgan fingerprint density at radius 3 is 2.18 bits per heavy atom. The summed E-state index contributed by atoms with van der Waals surface area (Å²) in [7, 11) is -3.78. The van der Waals surface area contributed by atoms with E-state index in [1.54, 1.807) is 35.8 Å². The molecular formula is C19H16FN3O3S2. The number of carbonyl (C=O) groups excluding carboxylic acids is 1. The Morgan fingerprint density at radius 2 is 1.61 bits per heavy atom. The van der Waals surface area contributed by atoms with E-state index in [-0.39, 0.29) is 36.3 Å². The molecule has 0 saturated carbocycles. The fourth-order valence-corrected chi connectivity index (χ4v) is 5.09. The number of thiazole rings is 1. The van der Waals surface area contributed by atoms with Gasteiger partial charge in [-0.25, -0.2) is 17.8 Å². The van der Waals surface area contributed by atoms with Crippen molar-refractivity contribution in [3.05, 3.63) is 65.9 Å². The molecule has 1 aliphatic rings. The first-order chi connectivity index (χ1) is 13.4. The third-order valence-electron chi connectivity index (χ3n) is 4.51. The van der Waals surface area contributed by atoms with Crippen molar-refractivity contribution in [2.75, 3.05) is 24.5 Å². The molecule has 1 fully saturated rings. The second-order valence-electron chi connectivity index (χ2n) is 6.23. The lowest BCUT2D eigenvalue weighted by molar-refractivity contribution is -0.119. The molecule has 1 aliphatic heterocycles. The van der Waals surface area contributed by atoms with Gasteiger partial charge in [-0.1, -0.05) is 24.3 Å². The van der Waals surface area contributed by atoms with Crippen LogP contribution in [0, 0.1) is 5.82 Å². The van der Waals surface area contributed by atoms with Crippen LogP contribution in [-0.4, -0.2) is 43.2 Å². The highest BCUT2D eigenvalue weighted by atomic mass is 32.2. The van der Waals surface area contributed by atoms with Crippen LogP contribution < -0.4 is 4.90 Å². The molecule has 0 bridgehead atoms. The number of piperazine rings is 1. The van der Waals surface area contributed by atoms with Crippen LogP contribution in [0.4, 0.5) is 9.52 Å². The molecule has 144 valence electrons. The van der Waals surface area contributed by atoms with Crippen molar-refractivity contribution in [1.29, 1.82) is 0 Å². The van der Waals surface area contributed by atoms with E-state index in [4.69, 9.17) is 0 Å². The Kier molecular flexibility index (Phi) is 4.96. The third-order valence-corrected chi connectivity index (χ3v) is 7.16. The molecule has 0 radical (unpaired) electrons. The van der Waals surface area contributed by atoms with Gasteiger partial charge in [0.25, 0.3) is 0 Å². The first-order valence-electron chi connectivity index (χ1n) is 8.51. The van der Waals surface area contributed by atoms with Gasteiger partial charge in [-0.05, 0) is 35.4 Å². The second-order valence-corrected chi connectivity index (χ2v) is 9.04. The van der Waals surface area contributed by atoms with Crippen LogP contribution in [0.2, 0.25) is 0 Å². The zero-order chi connectivity index (χ0) is 19.7. The van der Waals surface area contributed by atoms with Crippen molar-refractivity contribution >= 4 is 32.4 Å². The summed E-state index contributed by atoms with van der Waals surface area (Å²) in [6.45, 7) is 0.244. The highest BCUT2D eigenvalue weighted by Crippen LogP contribution is 2.25. The van der Waals surface area contributed by atoms with Crippen molar-refractivity contribution < 1.29 is 17.6 Å². The molecule has 2 heterocycles. The summed E-state index contributed by atoms with van der Waals surface area (Å²) < 4.78 is 40.1. The van der Waals surface area contributed by atoms with Crippen molar-refractivity contribution in [1.82, 2.24) is 9.29 Å². The van der Waals surface area contributed by atoms with Gasteiger partial charge in [0.05, 0.1) is 11.4 Å². The van der Waals surface area contributed by atoms with Crippen LogP contribution in [0.1, 0.15) is 0 Å². The quantitative estimate of drug-likeness (QED) is 0.654. The third kappa shape index (κ3) is 3.56. The Balaban J connectivity index is 1.52. The van der Waals surface area contributed by atoms with Crippen LogP contribution in [0.25, 0.3) is 11.1 Å². The molecule has 0 N–H and O–H groups in total. The van der Waals surface area contributed by atoms with Crippen LogP contribution in [0.5, 0.6) is 0 Å². The zero-order valence-corrected chi connectivity index (χ0v) is 16.3. The number of carbonyl (C=O) groups is 1. The fourth-order valence-electron chi connectivity index (χ4n) is 3.02. The Bertz CT molecular complexity index is 1080. The van der Waals surface area contributed by atoms with Gasteiger partial charge in [0.15, 0.2) is 5.13 Å². The van der Waals surface area contributed by atoms with Crippen molar-refractivity contribution in [2.24, 2.45) is 0 Å². The maximum absolute atomic E-state index is 13.1. The minimum absolute atomic E-state index is 0.119. The van der Waals surface area contributed by atoms with Crippen LogP contribution in [-0.2, 0) is 14.8 Å². The fraction of sp³-hybridized carbons (Fsp3) is 0.158. The number of rotatable bonds is 4. The number of halogens is 1. The summed E-state index contributed by atoms with van der Waals surface area (Å²) in [5, 5.41) is 2.35. The molecule has 4 rings (SSSR count). The molecule has 0 aliphatic carbocycles. The average molecular weight is 417 g/mol. The van der Waals surface area contributed by atoms with Gasteiger partial charge >= 0.3 is 0 Å². The molecule has 2 aromatic carbocycles. The maximum Gasteiger partial charge on any atom is 0.244 e. The number of hydrogen-bond acceptors (Lipinski definition) is 5. The molecule has 0 spiro atoms. The highest BCUT2D eigenvalue weighted by Gasteiger charge is 2.34. The lowest BCUT2D eigenvalue weighted by atomic mass is 10.1. The van der Waals surface area contributed by atoms with Crippen molar-refractivity contribution in [3.63, 3.8) is 0 Å². The lowest BCUT2D eigenvalue weighted by Gasteiger charge is -2.32. The molecular weight excluding hydrogens is 401 g/mol. The number of amides is 1.